The fraction of sp³-hybridized carbons (Fsp3) is 0.875. The van der Waals surface area contributed by atoms with Gasteiger partial charge in [0.25, 0.3) is 0 Å². The van der Waals surface area contributed by atoms with Gasteiger partial charge in [0.2, 0.25) is 11.9 Å². The first-order chi connectivity index (χ1) is 21.2. The second-order valence-electron chi connectivity index (χ2n) is 13.6. The largest absolute Gasteiger partial charge is 0.446 e. The highest BCUT2D eigenvalue weighted by Gasteiger charge is 2.37. The van der Waals surface area contributed by atoms with E-state index < -0.39 is 18.2 Å². The number of ketones is 1. The van der Waals surface area contributed by atoms with Gasteiger partial charge in [-0.1, -0.05) is 33.1 Å². The molecule has 3 aliphatic heterocycles. The Bertz CT molecular complexity index is 972. The standard InChI is InChI=1S/C32H56N6O6/c1-5-37-15-10-25(11-16-37)44-31(41)35-30(38-17-19-42-20-18-38)33-26(9-14-32(2)12-7-6-8-13-32)29(40)34-28-24(21-36(3)4)22-43-23-27(28)39/h24-26,28H,5-23H2,1-4H3,(H,34,40)(H,33,35,41). The molecule has 3 saturated heterocycles. The van der Waals surface area contributed by atoms with E-state index in [1.54, 1.807) is 0 Å². The molecular weight excluding hydrogens is 564 g/mol. The fourth-order valence-electron chi connectivity index (χ4n) is 6.96. The van der Waals surface area contributed by atoms with E-state index in [-0.39, 0.29) is 35.7 Å². The summed E-state index contributed by atoms with van der Waals surface area (Å²) in [6, 6.07) is -1.41. The van der Waals surface area contributed by atoms with Crippen molar-refractivity contribution in [2.45, 2.75) is 89.8 Å². The van der Waals surface area contributed by atoms with Gasteiger partial charge in [0, 0.05) is 38.6 Å². The number of carbonyl (C=O) groups is 3. The molecule has 3 atom stereocenters. The van der Waals surface area contributed by atoms with Crippen molar-refractivity contribution in [3.63, 3.8) is 0 Å². The van der Waals surface area contributed by atoms with Gasteiger partial charge in [-0.05, 0) is 64.6 Å². The van der Waals surface area contributed by atoms with Gasteiger partial charge in [-0.2, -0.15) is 0 Å². The Balaban J connectivity index is 1.53. The Morgan fingerprint density at radius 1 is 1.09 bits per heavy atom. The van der Waals surface area contributed by atoms with E-state index in [1.165, 1.54) is 19.3 Å². The number of hydrogen-bond donors (Lipinski definition) is 2. The minimum absolute atomic E-state index is 0.00944. The predicted octanol–water partition coefficient (Wildman–Crippen LogP) is 2.27. The van der Waals surface area contributed by atoms with Crippen molar-refractivity contribution in [3.8, 4) is 0 Å². The molecule has 3 heterocycles. The Hall–Kier alpha value is -2.28. The third-order valence-electron chi connectivity index (χ3n) is 9.73. The molecule has 0 radical (unpaired) electrons. The van der Waals surface area contributed by atoms with E-state index >= 15 is 0 Å². The summed E-state index contributed by atoms with van der Waals surface area (Å²) < 4.78 is 16.9. The zero-order valence-electron chi connectivity index (χ0n) is 27.5. The first-order valence-corrected chi connectivity index (χ1v) is 16.8. The zero-order valence-corrected chi connectivity index (χ0v) is 27.5. The van der Waals surface area contributed by atoms with Crippen LogP contribution in [0.3, 0.4) is 0 Å². The highest BCUT2D eigenvalue weighted by molar-refractivity contribution is 5.97. The van der Waals surface area contributed by atoms with E-state index in [2.05, 4.69) is 29.4 Å². The monoisotopic (exact) mass is 620 g/mol. The normalized spacial score (nSPS) is 26.3. The summed E-state index contributed by atoms with van der Waals surface area (Å²) in [6.45, 7) is 10.4. The topological polar surface area (TPSA) is 125 Å². The second-order valence-corrected chi connectivity index (χ2v) is 13.6. The van der Waals surface area contributed by atoms with Crippen molar-refractivity contribution in [3.05, 3.63) is 0 Å². The van der Waals surface area contributed by atoms with Crippen LogP contribution >= 0.6 is 0 Å². The van der Waals surface area contributed by atoms with Crippen LogP contribution in [0, 0.1) is 11.3 Å². The summed E-state index contributed by atoms with van der Waals surface area (Å²) in [6.07, 6.45) is 8.17. The number of amides is 2. The van der Waals surface area contributed by atoms with Crippen molar-refractivity contribution in [2.75, 3.05) is 79.8 Å². The average Bonchev–Trinajstić information content (AvgIpc) is 3.01. The van der Waals surface area contributed by atoms with Gasteiger partial charge in [-0.15, -0.1) is 0 Å². The number of nitrogens with one attached hydrogen (secondary N) is 2. The van der Waals surface area contributed by atoms with Crippen molar-refractivity contribution in [1.29, 1.82) is 0 Å². The third kappa shape index (κ3) is 10.4. The number of ether oxygens (including phenoxy) is 3. The maximum atomic E-state index is 14.0. The van der Waals surface area contributed by atoms with Gasteiger partial charge < -0.3 is 34.2 Å². The summed E-state index contributed by atoms with van der Waals surface area (Å²) in [7, 11) is 3.89. The molecule has 12 heteroatoms. The molecule has 3 unspecified atom stereocenters. The van der Waals surface area contributed by atoms with E-state index in [4.69, 9.17) is 19.2 Å². The molecule has 4 fully saturated rings. The Kier molecular flexibility index (Phi) is 13.3. The third-order valence-corrected chi connectivity index (χ3v) is 9.73. The number of rotatable bonds is 10. The number of guanidine groups is 1. The van der Waals surface area contributed by atoms with Gasteiger partial charge in [-0.3, -0.25) is 14.9 Å². The summed E-state index contributed by atoms with van der Waals surface area (Å²) >= 11 is 0. The Labute approximate surface area is 263 Å². The van der Waals surface area contributed by atoms with Crippen LogP contribution in [0.1, 0.15) is 71.6 Å². The zero-order chi connectivity index (χ0) is 31.5. The van der Waals surface area contributed by atoms with Crippen molar-refractivity contribution in [1.82, 2.24) is 25.3 Å². The molecular formula is C32H56N6O6. The first-order valence-electron chi connectivity index (χ1n) is 16.8. The summed E-state index contributed by atoms with van der Waals surface area (Å²) in [5, 5.41) is 5.98. The van der Waals surface area contributed by atoms with Crippen molar-refractivity contribution in [2.24, 2.45) is 16.3 Å². The number of Topliss-reactive ketones (excluding diaryl/α,β-unsaturated/α-hetero) is 1. The lowest BCUT2D eigenvalue weighted by atomic mass is 9.72. The van der Waals surface area contributed by atoms with Gasteiger partial charge >= 0.3 is 6.09 Å². The second kappa shape index (κ2) is 16.9. The fourth-order valence-corrected chi connectivity index (χ4v) is 6.96. The van der Waals surface area contributed by atoms with Crippen LogP contribution < -0.4 is 10.6 Å². The molecule has 4 rings (SSSR count). The molecule has 1 aliphatic carbocycles. The van der Waals surface area contributed by atoms with Crippen molar-refractivity contribution >= 4 is 23.7 Å². The minimum Gasteiger partial charge on any atom is -0.446 e. The van der Waals surface area contributed by atoms with Crippen LogP contribution in [0.25, 0.3) is 0 Å². The molecule has 44 heavy (non-hydrogen) atoms. The number of carbonyl (C=O) groups excluding carboxylic acids is 3. The Morgan fingerprint density at radius 2 is 1.80 bits per heavy atom. The first kappa shape index (κ1) is 34.6. The number of morpholine rings is 1. The maximum Gasteiger partial charge on any atom is 0.414 e. The lowest BCUT2D eigenvalue weighted by Gasteiger charge is -2.36. The van der Waals surface area contributed by atoms with Crippen LogP contribution in [0.4, 0.5) is 4.79 Å². The lowest BCUT2D eigenvalue weighted by molar-refractivity contribution is -0.138. The maximum absolute atomic E-state index is 14.0. The highest BCUT2D eigenvalue weighted by Crippen LogP contribution is 2.40. The molecule has 4 aliphatic rings. The molecule has 2 amide bonds. The number of alkyl carbamates (subject to hydrolysis) is 1. The number of aliphatic imine (C=N–C) groups is 1. The van der Waals surface area contributed by atoms with Crippen molar-refractivity contribution < 1.29 is 28.6 Å². The molecule has 12 nitrogen and oxygen atoms in total. The van der Waals surface area contributed by atoms with Crippen LogP contribution in [0.5, 0.6) is 0 Å². The van der Waals surface area contributed by atoms with Crippen LogP contribution in [-0.4, -0.2) is 136 Å². The van der Waals surface area contributed by atoms with E-state index in [0.29, 0.717) is 51.8 Å². The summed E-state index contributed by atoms with van der Waals surface area (Å²) in [4.78, 5) is 51.4. The summed E-state index contributed by atoms with van der Waals surface area (Å²) in [5.74, 6) is -0.230. The van der Waals surface area contributed by atoms with E-state index in [0.717, 1.165) is 51.7 Å². The number of piperidine rings is 1. The lowest BCUT2D eigenvalue weighted by Crippen LogP contribution is -2.56. The number of nitrogens with zero attached hydrogens (tertiary/aromatic N) is 4. The van der Waals surface area contributed by atoms with Crippen LogP contribution in [0.15, 0.2) is 4.99 Å². The average molecular weight is 621 g/mol. The number of likely N-dealkylation sites (tertiary alicyclic amines) is 1. The van der Waals surface area contributed by atoms with Gasteiger partial charge in [0.15, 0.2) is 5.78 Å². The molecule has 0 spiro atoms. The SMILES string of the molecule is CCN1CCC(OC(=O)NC(=NC(CCC2(C)CCCCC2)C(=O)NC2C(=O)COCC2CN(C)C)N2CCOCC2)CC1. The molecule has 1 saturated carbocycles. The summed E-state index contributed by atoms with van der Waals surface area (Å²) in [5.41, 5.74) is 0.146. The van der Waals surface area contributed by atoms with E-state index in [9.17, 15) is 14.4 Å². The molecule has 2 N–H and O–H groups in total. The number of hydrogen-bond acceptors (Lipinski definition) is 9. The molecule has 0 aromatic rings. The quantitative estimate of drug-likeness (QED) is 0.280. The van der Waals surface area contributed by atoms with Gasteiger partial charge in [0.05, 0.1) is 25.9 Å². The van der Waals surface area contributed by atoms with Crippen LogP contribution in [-0.2, 0) is 23.8 Å². The Morgan fingerprint density at radius 3 is 2.45 bits per heavy atom. The molecule has 0 aromatic heterocycles. The molecule has 0 bridgehead atoms. The van der Waals surface area contributed by atoms with E-state index in [1.807, 2.05) is 23.9 Å². The smallest absolute Gasteiger partial charge is 0.414 e. The van der Waals surface area contributed by atoms with Crippen LogP contribution in [0.2, 0.25) is 0 Å². The molecule has 0 aromatic carbocycles. The van der Waals surface area contributed by atoms with Gasteiger partial charge in [-0.25, -0.2) is 9.79 Å². The van der Waals surface area contributed by atoms with Gasteiger partial charge in [0.1, 0.15) is 18.8 Å². The highest BCUT2D eigenvalue weighted by atomic mass is 16.6. The predicted molar refractivity (Wildman–Crippen MR) is 169 cm³/mol. The molecule has 250 valence electrons. The minimum atomic E-state index is -0.768.